The SMILES string of the molecule is CCCCCCCCCCCCCCCC[n+]1cccc(C2C(C(=O)OC34CC5CC(CC(C5)C3)C4)=C(C)NC3=C2S(=O)(=O)c2ccccc23)c1.[Br-]. The van der Waals surface area contributed by atoms with Gasteiger partial charge in [-0.05, 0) is 81.8 Å². The summed E-state index contributed by atoms with van der Waals surface area (Å²) in [5.74, 6) is 0.833. The van der Waals surface area contributed by atoms with Crippen molar-refractivity contribution in [1.82, 2.24) is 5.32 Å². The first-order valence-corrected chi connectivity index (χ1v) is 22.0. The molecule has 1 N–H and O–H groups in total. The highest BCUT2D eigenvalue weighted by Gasteiger charge is 2.55. The first kappa shape index (κ1) is 39.2. The minimum atomic E-state index is -3.84. The maximum atomic E-state index is 14.5. The molecule has 0 radical (unpaired) electrons. The van der Waals surface area contributed by atoms with Gasteiger partial charge in [0.2, 0.25) is 9.84 Å². The van der Waals surface area contributed by atoms with Crippen molar-refractivity contribution in [2.75, 3.05) is 0 Å². The number of pyridine rings is 1. The fourth-order valence-electron chi connectivity index (χ4n) is 10.7. The van der Waals surface area contributed by atoms with Crippen LogP contribution < -0.4 is 26.9 Å². The quantitative estimate of drug-likeness (QED) is 0.0992. The molecule has 4 saturated carbocycles. The van der Waals surface area contributed by atoms with Gasteiger partial charge in [0.1, 0.15) is 12.1 Å². The van der Waals surface area contributed by atoms with Crippen molar-refractivity contribution in [1.29, 1.82) is 0 Å². The number of sulfone groups is 1. The molecule has 6 aliphatic rings. The number of aryl methyl sites for hydroxylation is 1. The van der Waals surface area contributed by atoms with Crippen molar-refractivity contribution in [2.45, 2.75) is 165 Å². The summed E-state index contributed by atoms with van der Waals surface area (Å²) < 4.78 is 37.4. The Hall–Kier alpha value is -2.45. The molecule has 0 saturated heterocycles. The van der Waals surface area contributed by atoms with E-state index in [4.69, 9.17) is 4.74 Å². The number of nitrogens with zero attached hydrogens (tertiary/aromatic N) is 1. The number of fused-ring (bicyclic) bond motifs is 2. The largest absolute Gasteiger partial charge is 1.00 e. The van der Waals surface area contributed by atoms with E-state index in [1.165, 1.54) is 103 Å². The van der Waals surface area contributed by atoms with Crippen LogP contribution in [0.3, 0.4) is 0 Å². The molecule has 1 aromatic carbocycles. The number of unbranched alkanes of at least 4 members (excludes halogenated alkanes) is 13. The van der Waals surface area contributed by atoms with Gasteiger partial charge in [0.25, 0.3) is 0 Å². The van der Waals surface area contributed by atoms with Crippen LogP contribution in [0.5, 0.6) is 0 Å². The summed E-state index contributed by atoms with van der Waals surface area (Å²) in [6.07, 6.45) is 29.3. The van der Waals surface area contributed by atoms with Gasteiger partial charge in [0.05, 0.1) is 27.0 Å². The number of ether oxygens (including phenoxy) is 1. The zero-order valence-electron chi connectivity index (χ0n) is 31.6. The van der Waals surface area contributed by atoms with Gasteiger partial charge in [-0.15, -0.1) is 0 Å². The number of carbonyl (C=O) groups is 1. The number of halogens is 1. The van der Waals surface area contributed by atoms with Crippen LogP contribution in [0.15, 0.2) is 69.9 Å². The second kappa shape index (κ2) is 17.3. The first-order chi connectivity index (χ1) is 24.8. The monoisotopic (exact) mass is 792 g/mol. The lowest BCUT2D eigenvalue weighted by atomic mass is 9.54. The zero-order valence-corrected chi connectivity index (χ0v) is 34.0. The number of hydrogen-bond donors (Lipinski definition) is 1. The number of allylic oxidation sites excluding steroid dienone is 2. The molecule has 52 heavy (non-hydrogen) atoms. The number of dihydropyridines is 1. The highest BCUT2D eigenvalue weighted by Crippen LogP contribution is 2.58. The fraction of sp³-hybridized carbons (Fsp3) is 0.636. The zero-order chi connectivity index (χ0) is 35.4. The second-order valence-corrected chi connectivity index (χ2v) is 18.7. The topological polar surface area (TPSA) is 76.3 Å². The molecule has 4 bridgehead atoms. The number of nitrogens with one attached hydrogen (secondary N) is 1. The molecule has 1 atom stereocenters. The van der Waals surface area contributed by atoms with Crippen LogP contribution in [-0.2, 0) is 25.9 Å². The van der Waals surface area contributed by atoms with Crippen LogP contribution in [0.1, 0.15) is 159 Å². The predicted molar refractivity (Wildman–Crippen MR) is 203 cm³/mol. The Morgan fingerprint density at radius 2 is 1.37 bits per heavy atom. The molecular formula is C44H61BrN2O4S. The van der Waals surface area contributed by atoms with E-state index in [2.05, 4.69) is 29.2 Å². The third-order valence-electron chi connectivity index (χ3n) is 12.7. The van der Waals surface area contributed by atoms with Gasteiger partial charge in [-0.3, -0.25) is 0 Å². The molecule has 4 fully saturated rings. The highest BCUT2D eigenvalue weighted by molar-refractivity contribution is 7.96. The third kappa shape index (κ3) is 8.43. The fourth-order valence-corrected chi connectivity index (χ4v) is 12.6. The third-order valence-corrected chi connectivity index (χ3v) is 14.7. The second-order valence-electron chi connectivity index (χ2n) is 16.8. The average Bonchev–Trinajstić information content (AvgIpc) is 3.32. The molecule has 8 rings (SSSR count). The van der Waals surface area contributed by atoms with E-state index in [0.717, 1.165) is 37.8 Å². The van der Waals surface area contributed by atoms with Crippen molar-refractivity contribution in [3.8, 4) is 0 Å². The Labute approximate surface area is 324 Å². The standard InChI is InChI=1S/C44H60N2O4S.BrH/c1-3-4-5-6-7-8-9-10-11-12-13-14-15-18-23-46-24-19-20-36(31-46)40-39(43(47)50-44-28-33-25-34(29-44)27-35(26-33)30-44)32(2)45-41-37-21-16-17-22-38(37)51(48,49)42(40)41;/h16-17,19-22,24,31,33-35,40H,3-15,18,23,25-30H2,1-2H3;1H. The molecule has 0 spiro atoms. The van der Waals surface area contributed by atoms with Gasteiger partial charge in [0, 0.05) is 29.3 Å². The summed E-state index contributed by atoms with van der Waals surface area (Å²) in [6.45, 7) is 5.05. The van der Waals surface area contributed by atoms with Crippen LogP contribution in [0.4, 0.5) is 0 Å². The van der Waals surface area contributed by atoms with Crippen molar-refractivity contribution in [3.63, 3.8) is 0 Å². The van der Waals surface area contributed by atoms with Crippen molar-refractivity contribution in [3.05, 3.63) is 76.1 Å². The van der Waals surface area contributed by atoms with E-state index in [0.29, 0.717) is 45.2 Å². The molecule has 1 unspecified atom stereocenters. The summed E-state index contributed by atoms with van der Waals surface area (Å²) in [6, 6.07) is 11.2. The van der Waals surface area contributed by atoms with E-state index in [9.17, 15) is 13.2 Å². The maximum absolute atomic E-state index is 14.5. The smallest absolute Gasteiger partial charge is 0.337 e. The van der Waals surface area contributed by atoms with Gasteiger partial charge in [0.15, 0.2) is 12.4 Å². The molecule has 4 aliphatic carbocycles. The lowest BCUT2D eigenvalue weighted by Crippen LogP contribution is -3.00. The maximum Gasteiger partial charge on any atom is 0.337 e. The predicted octanol–water partition coefficient (Wildman–Crippen LogP) is 7.09. The van der Waals surface area contributed by atoms with E-state index in [-0.39, 0.29) is 27.9 Å². The Kier molecular flexibility index (Phi) is 13.1. The number of benzene rings is 1. The molecule has 2 aromatic rings. The van der Waals surface area contributed by atoms with Gasteiger partial charge in [-0.2, -0.15) is 0 Å². The Morgan fingerprint density at radius 1 is 0.808 bits per heavy atom. The van der Waals surface area contributed by atoms with E-state index < -0.39 is 21.4 Å². The Morgan fingerprint density at radius 3 is 1.96 bits per heavy atom. The lowest BCUT2D eigenvalue weighted by Gasteiger charge is -2.55. The number of aromatic nitrogens is 1. The highest BCUT2D eigenvalue weighted by atomic mass is 79.9. The molecule has 284 valence electrons. The Balaban J connectivity index is 0.00000464. The van der Waals surface area contributed by atoms with Gasteiger partial charge >= 0.3 is 5.97 Å². The van der Waals surface area contributed by atoms with E-state index in [1.54, 1.807) is 12.1 Å². The van der Waals surface area contributed by atoms with Crippen LogP contribution in [0.2, 0.25) is 0 Å². The normalized spacial score (nSPS) is 26.5. The minimum absolute atomic E-state index is 0. The Bertz CT molecular complexity index is 1710. The van der Waals surface area contributed by atoms with E-state index in [1.807, 2.05) is 31.2 Å². The number of carbonyl (C=O) groups excluding carboxylic acids is 1. The van der Waals surface area contributed by atoms with Gasteiger partial charge in [-0.1, -0.05) is 102 Å². The van der Waals surface area contributed by atoms with Crippen LogP contribution in [0.25, 0.3) is 5.70 Å². The van der Waals surface area contributed by atoms with E-state index >= 15 is 0 Å². The van der Waals surface area contributed by atoms with Crippen LogP contribution in [0, 0.1) is 17.8 Å². The van der Waals surface area contributed by atoms with Crippen molar-refractivity contribution >= 4 is 21.5 Å². The molecule has 3 heterocycles. The number of rotatable bonds is 18. The summed E-state index contributed by atoms with van der Waals surface area (Å²) in [5.41, 5.74) is 2.81. The van der Waals surface area contributed by atoms with Gasteiger partial charge in [-0.25, -0.2) is 17.8 Å². The van der Waals surface area contributed by atoms with Gasteiger partial charge < -0.3 is 27.0 Å². The molecule has 1 aromatic heterocycles. The van der Waals surface area contributed by atoms with Crippen molar-refractivity contribution < 1.29 is 39.5 Å². The first-order valence-electron chi connectivity index (χ1n) is 20.6. The molecule has 8 heteroatoms. The molecule has 0 amide bonds. The summed E-state index contributed by atoms with van der Waals surface area (Å²) in [4.78, 5) is 15.1. The average molecular weight is 794 g/mol. The lowest BCUT2D eigenvalue weighted by molar-refractivity contribution is -0.697. The van der Waals surface area contributed by atoms with Crippen LogP contribution >= 0.6 is 0 Å². The summed E-state index contributed by atoms with van der Waals surface area (Å²) in [5, 5.41) is 3.40. The molecular weight excluding hydrogens is 732 g/mol. The van der Waals surface area contributed by atoms with Crippen LogP contribution in [-0.4, -0.2) is 20.0 Å². The van der Waals surface area contributed by atoms with Crippen molar-refractivity contribution in [2.24, 2.45) is 17.8 Å². The minimum Gasteiger partial charge on any atom is -1.00 e. The number of hydrogen-bond acceptors (Lipinski definition) is 5. The summed E-state index contributed by atoms with van der Waals surface area (Å²) in [7, 11) is -3.84. The summed E-state index contributed by atoms with van der Waals surface area (Å²) >= 11 is 0. The number of esters is 1. The molecule has 6 nitrogen and oxygen atoms in total. The molecule has 2 aliphatic heterocycles.